The van der Waals surface area contributed by atoms with E-state index in [9.17, 15) is 10.2 Å². The Hall–Kier alpha value is -0.600. The first-order valence-electron chi connectivity index (χ1n) is 8.91. The maximum absolute atomic E-state index is 11.3. The van der Waals surface area contributed by atoms with Gasteiger partial charge >= 0.3 is 0 Å². The van der Waals surface area contributed by atoms with Gasteiger partial charge in [-0.15, -0.1) is 0 Å². The van der Waals surface area contributed by atoms with Gasteiger partial charge in [-0.1, -0.05) is 44.1 Å². The van der Waals surface area contributed by atoms with Crippen LogP contribution in [0.1, 0.15) is 73.1 Å². The molecule has 2 aliphatic rings. The molecule has 4 atom stereocenters. The first-order valence-corrected chi connectivity index (χ1v) is 8.91. The Morgan fingerprint density at radius 1 is 1.18 bits per heavy atom. The number of rotatable bonds is 1. The van der Waals surface area contributed by atoms with Crippen LogP contribution in [0.15, 0.2) is 23.3 Å². The lowest BCUT2D eigenvalue weighted by molar-refractivity contribution is -0.0641. The largest absolute Gasteiger partial charge is 0.389 e. The number of fused-ring (bicyclic) bond motifs is 1. The fourth-order valence-corrected chi connectivity index (χ4v) is 4.63. The van der Waals surface area contributed by atoms with Crippen molar-refractivity contribution in [2.45, 2.75) is 84.8 Å². The van der Waals surface area contributed by atoms with Crippen molar-refractivity contribution in [1.82, 2.24) is 0 Å². The fourth-order valence-electron chi connectivity index (χ4n) is 4.63. The molecule has 2 rings (SSSR count). The Balaban J connectivity index is 2.35. The van der Waals surface area contributed by atoms with Crippen molar-refractivity contribution in [3.63, 3.8) is 0 Å². The zero-order valence-corrected chi connectivity index (χ0v) is 15.0. The molecule has 2 heteroatoms. The highest BCUT2D eigenvalue weighted by atomic mass is 16.3. The Labute approximate surface area is 136 Å². The van der Waals surface area contributed by atoms with Gasteiger partial charge in [-0.05, 0) is 69.6 Å². The highest BCUT2D eigenvalue weighted by molar-refractivity contribution is 5.14. The minimum absolute atomic E-state index is 0.176. The molecular formula is C20H34O2. The van der Waals surface area contributed by atoms with Gasteiger partial charge in [0.05, 0.1) is 11.7 Å². The van der Waals surface area contributed by atoms with Crippen LogP contribution in [0.4, 0.5) is 0 Å². The lowest BCUT2D eigenvalue weighted by Gasteiger charge is -2.41. The highest BCUT2D eigenvalue weighted by Gasteiger charge is 2.54. The zero-order chi connectivity index (χ0) is 16.5. The van der Waals surface area contributed by atoms with E-state index >= 15 is 0 Å². The topological polar surface area (TPSA) is 40.5 Å². The number of allylic oxidation sites excluding steroid dienone is 2. The van der Waals surface area contributed by atoms with E-state index < -0.39 is 5.60 Å². The third-order valence-corrected chi connectivity index (χ3v) is 6.29. The molecule has 0 bridgehead atoms. The van der Waals surface area contributed by atoms with Gasteiger partial charge in [0.15, 0.2) is 0 Å². The van der Waals surface area contributed by atoms with Crippen molar-refractivity contribution in [3.05, 3.63) is 23.3 Å². The molecule has 0 aliphatic heterocycles. The number of aliphatic hydroxyl groups is 2. The van der Waals surface area contributed by atoms with E-state index in [2.05, 4.69) is 40.7 Å². The van der Waals surface area contributed by atoms with Crippen LogP contribution in [0.25, 0.3) is 0 Å². The summed E-state index contributed by atoms with van der Waals surface area (Å²) < 4.78 is 0. The van der Waals surface area contributed by atoms with Crippen LogP contribution in [0.3, 0.4) is 0 Å². The van der Waals surface area contributed by atoms with Crippen LogP contribution in [0.5, 0.6) is 0 Å². The van der Waals surface area contributed by atoms with Gasteiger partial charge in [0.1, 0.15) is 0 Å². The number of hydrogen-bond acceptors (Lipinski definition) is 2. The maximum atomic E-state index is 11.3. The average Bonchev–Trinajstić information content (AvgIpc) is 2.67. The second-order valence-electron chi connectivity index (χ2n) is 8.43. The summed E-state index contributed by atoms with van der Waals surface area (Å²) in [5.41, 5.74) is 2.15. The first-order chi connectivity index (χ1) is 10.2. The SMILES string of the molecule is C/C1=C\[C@@H](O)C/C(C)=C/C[C@@]2(C)CC[C@@](O)(C(C)C)[C@@H]2CC1. The van der Waals surface area contributed by atoms with Crippen molar-refractivity contribution >= 4 is 0 Å². The maximum Gasteiger partial charge on any atom is 0.0760 e. The smallest absolute Gasteiger partial charge is 0.0760 e. The van der Waals surface area contributed by atoms with E-state index in [1.165, 1.54) is 11.1 Å². The molecule has 0 unspecified atom stereocenters. The molecule has 1 saturated carbocycles. The Kier molecular flexibility index (Phi) is 5.23. The van der Waals surface area contributed by atoms with Gasteiger partial charge in [-0.25, -0.2) is 0 Å². The van der Waals surface area contributed by atoms with Gasteiger partial charge in [-0.3, -0.25) is 0 Å². The second-order valence-corrected chi connectivity index (χ2v) is 8.43. The summed E-state index contributed by atoms with van der Waals surface area (Å²) in [6.07, 6.45) is 9.70. The zero-order valence-electron chi connectivity index (χ0n) is 15.0. The van der Waals surface area contributed by atoms with E-state index in [0.29, 0.717) is 11.8 Å². The predicted octanol–water partition coefficient (Wildman–Crippen LogP) is 4.62. The van der Waals surface area contributed by atoms with Crippen LogP contribution in [0.2, 0.25) is 0 Å². The van der Waals surface area contributed by atoms with Crippen molar-refractivity contribution < 1.29 is 10.2 Å². The Bertz CT molecular complexity index is 462. The molecule has 0 radical (unpaired) electrons. The summed E-state index contributed by atoms with van der Waals surface area (Å²) in [5, 5.41) is 21.4. The quantitative estimate of drug-likeness (QED) is 0.694. The summed E-state index contributed by atoms with van der Waals surface area (Å²) in [7, 11) is 0. The van der Waals surface area contributed by atoms with Crippen LogP contribution in [-0.4, -0.2) is 21.9 Å². The van der Waals surface area contributed by atoms with E-state index in [1.54, 1.807) is 0 Å². The minimum atomic E-state index is -0.538. The molecule has 0 aromatic rings. The van der Waals surface area contributed by atoms with E-state index in [1.807, 2.05) is 6.08 Å². The summed E-state index contributed by atoms with van der Waals surface area (Å²) in [4.78, 5) is 0. The third kappa shape index (κ3) is 3.49. The van der Waals surface area contributed by atoms with Crippen molar-refractivity contribution in [1.29, 1.82) is 0 Å². The second kappa shape index (κ2) is 6.49. The average molecular weight is 306 g/mol. The summed E-state index contributed by atoms with van der Waals surface area (Å²) in [6.45, 7) is 10.9. The molecule has 2 N–H and O–H groups in total. The highest BCUT2D eigenvalue weighted by Crippen LogP contribution is 2.56. The molecule has 0 aromatic heterocycles. The summed E-state index contributed by atoms with van der Waals surface area (Å²) in [6, 6.07) is 0. The van der Waals surface area contributed by atoms with Crippen LogP contribution >= 0.6 is 0 Å². The molecule has 0 spiro atoms. The van der Waals surface area contributed by atoms with Crippen molar-refractivity contribution in [3.8, 4) is 0 Å². The number of aliphatic hydroxyl groups excluding tert-OH is 1. The van der Waals surface area contributed by atoms with Crippen LogP contribution < -0.4 is 0 Å². The predicted molar refractivity (Wildman–Crippen MR) is 92.6 cm³/mol. The normalized spacial score (nSPS) is 45.5. The lowest BCUT2D eigenvalue weighted by Crippen LogP contribution is -2.43. The van der Waals surface area contributed by atoms with Gasteiger partial charge in [-0.2, -0.15) is 0 Å². The molecule has 0 aromatic carbocycles. The van der Waals surface area contributed by atoms with Crippen LogP contribution in [-0.2, 0) is 0 Å². The molecule has 22 heavy (non-hydrogen) atoms. The van der Waals surface area contributed by atoms with Gasteiger partial charge in [0.25, 0.3) is 0 Å². The first kappa shape index (κ1) is 17.7. The van der Waals surface area contributed by atoms with E-state index in [4.69, 9.17) is 0 Å². The van der Waals surface area contributed by atoms with Gasteiger partial charge in [0.2, 0.25) is 0 Å². The Morgan fingerprint density at radius 3 is 2.50 bits per heavy atom. The minimum Gasteiger partial charge on any atom is -0.389 e. The molecule has 0 heterocycles. The van der Waals surface area contributed by atoms with Gasteiger partial charge in [0, 0.05) is 0 Å². The molecule has 0 amide bonds. The molecule has 2 nitrogen and oxygen atoms in total. The van der Waals surface area contributed by atoms with Gasteiger partial charge < -0.3 is 10.2 Å². The Morgan fingerprint density at radius 2 is 1.86 bits per heavy atom. The van der Waals surface area contributed by atoms with Crippen LogP contribution in [0, 0.1) is 17.3 Å². The fraction of sp³-hybridized carbons (Fsp3) is 0.800. The molecule has 0 saturated heterocycles. The molecule has 1 fully saturated rings. The number of hydrogen-bond donors (Lipinski definition) is 2. The third-order valence-electron chi connectivity index (χ3n) is 6.29. The molecular weight excluding hydrogens is 272 g/mol. The molecule has 2 aliphatic carbocycles. The summed E-state index contributed by atoms with van der Waals surface area (Å²) >= 11 is 0. The van der Waals surface area contributed by atoms with Crippen molar-refractivity contribution in [2.24, 2.45) is 17.3 Å². The lowest BCUT2D eigenvalue weighted by atomic mass is 9.67. The van der Waals surface area contributed by atoms with E-state index in [0.717, 1.165) is 38.5 Å². The van der Waals surface area contributed by atoms with E-state index in [-0.39, 0.29) is 11.5 Å². The summed E-state index contributed by atoms with van der Waals surface area (Å²) in [5.74, 6) is 0.632. The molecule has 126 valence electrons. The monoisotopic (exact) mass is 306 g/mol. The van der Waals surface area contributed by atoms with Crippen molar-refractivity contribution in [2.75, 3.05) is 0 Å². The standard InChI is InChI=1S/C20H34O2/c1-14(2)20(22)11-10-19(5)9-8-16(4)13-17(21)12-15(3)6-7-18(19)20/h8,12,14,17-18,21-22H,6-7,9-11,13H2,1-5H3/b15-12+,16-8+/t17-,18-,19+,20-/m1/s1.